The van der Waals surface area contributed by atoms with E-state index >= 15 is 0 Å². The number of benzene rings is 21. The molecule has 0 aliphatic rings. The molecule has 12 heteroatoms. The number of hydrogen-bond donors (Lipinski definition) is 0. The zero-order chi connectivity index (χ0) is 91.9. The summed E-state index contributed by atoms with van der Waals surface area (Å²) in [6.07, 6.45) is 0. The number of aromatic nitrogens is 12. The first-order valence-electron chi connectivity index (χ1n) is 48.2. The van der Waals surface area contributed by atoms with Crippen molar-refractivity contribution in [2.45, 2.75) is 0 Å². The predicted octanol–water partition coefficient (Wildman–Crippen LogP) is 33.0. The van der Waals surface area contributed by atoms with E-state index in [2.05, 4.69) is 514 Å². The second-order valence-electron chi connectivity index (χ2n) is 37.3. The molecule has 0 spiro atoms. The molecule has 12 heterocycles. The molecule has 0 unspecified atom stereocenters. The summed E-state index contributed by atoms with van der Waals surface area (Å²) in [5.74, 6) is 0. The van der Waals surface area contributed by atoms with Crippen molar-refractivity contribution in [3.05, 3.63) is 473 Å². The van der Waals surface area contributed by atoms with Gasteiger partial charge in [0.15, 0.2) is 0 Å². The second kappa shape index (κ2) is 29.7. The summed E-state index contributed by atoms with van der Waals surface area (Å²) in [6, 6.07) is 171. The molecule has 0 bridgehead atoms. The van der Waals surface area contributed by atoms with Crippen LogP contribution in [0.1, 0.15) is 0 Å². The lowest BCUT2D eigenvalue weighted by atomic mass is 10.0. The summed E-state index contributed by atoms with van der Waals surface area (Å²) < 4.78 is 21.4. The first kappa shape index (κ1) is 77.2. The second-order valence-corrected chi connectivity index (χ2v) is 37.3. The molecule has 0 aliphatic carbocycles. The van der Waals surface area contributed by atoms with Crippen LogP contribution in [-0.2, 0) is 0 Å². The lowest BCUT2D eigenvalue weighted by Crippen LogP contribution is -1.98. The molecule has 0 saturated heterocycles. The highest BCUT2D eigenvalue weighted by molar-refractivity contribution is 6.22. The van der Waals surface area contributed by atoms with E-state index in [0.29, 0.717) is 0 Å². The normalized spacial score (nSPS) is 12.3. The SMILES string of the molecule is c1ccc2c(c1)nc1c3cc(-n4c5ccccc5c5ccccc54)ccc3c3ccc(-n4c5ccccc5c5ccccc54)cc3n21.c1ccc2c(c1)nc1c3ccc(-n4c5ccccc5c5ccccc54)cc3c3cc(-n4c5ccccc5c5ccccc54)ccc3n21.c1ccc2c(c1)nc1c3ccc(-n4c5ccccc5c5ccccc54)cc3c3ccc(-n4c5ccccc5c5ccccc54)cc3n21. The molecule has 0 aliphatic heterocycles. The van der Waals surface area contributed by atoms with Gasteiger partial charge in [0.25, 0.3) is 0 Å². The van der Waals surface area contributed by atoms with E-state index in [1.165, 1.54) is 163 Å². The van der Waals surface area contributed by atoms with Crippen LogP contribution < -0.4 is 0 Å². The molecule has 12 aromatic heterocycles. The minimum Gasteiger partial charge on any atom is -0.309 e. The minimum absolute atomic E-state index is 0.968. The van der Waals surface area contributed by atoms with Gasteiger partial charge in [-0.2, -0.15) is 0 Å². The van der Waals surface area contributed by atoms with Gasteiger partial charge in [0.05, 0.1) is 116 Å². The highest BCUT2D eigenvalue weighted by atomic mass is 15.1. The van der Waals surface area contributed by atoms with Crippen molar-refractivity contribution < 1.29 is 0 Å². The standard InChI is InChI=1S/3C43H26N4/c1-6-16-37-29(11-1)30-12-2-7-17-38(30)45(37)27-22-24-34-35(25-27)33-23-21-28(26-42(33)47-41-20-10-5-15-36(41)44-43(34)47)46-39-18-8-3-13-31(39)32-14-4-9-19-40(32)46;1-6-16-37-30(11-1)31-12-2-7-17-38(31)45(37)27-21-23-29-34-24-22-28(46-39-18-8-3-13-32(39)33-14-4-9-19-40(33)46)26-42(34)47-41-20-10-5-15-36(41)44-43(47)35(29)25-27;1-6-16-37-29(11-1)30-12-2-7-17-38(30)45(37)27-21-23-33-34(25-27)35-26-28(22-24-41(35)47-42-20-10-5-15-36(42)44-43(33)47)46-39-18-8-3-13-31(39)32-14-4-9-19-40(32)46/h3*1-26H. The summed E-state index contributed by atoms with van der Waals surface area (Å²) in [5, 5.41) is 25.7. The Morgan fingerprint density at radius 2 is 0.284 bits per heavy atom. The van der Waals surface area contributed by atoms with Crippen molar-refractivity contribution in [1.82, 2.24) is 55.6 Å². The van der Waals surface area contributed by atoms with Crippen LogP contribution in [0.4, 0.5) is 0 Å². The maximum absolute atomic E-state index is 5.28. The fourth-order valence-corrected chi connectivity index (χ4v) is 24.0. The maximum atomic E-state index is 5.28. The van der Waals surface area contributed by atoms with Gasteiger partial charge < -0.3 is 27.4 Å². The molecule has 0 atom stereocenters. The summed E-state index contributed by atoms with van der Waals surface area (Å²) >= 11 is 0. The van der Waals surface area contributed by atoms with Crippen LogP contribution >= 0.6 is 0 Å². The number of rotatable bonds is 6. The monoisotopic (exact) mass is 1790 g/mol. The molecule has 0 N–H and O–H groups in total. The molecule has 33 rings (SSSR count). The smallest absolute Gasteiger partial charge is 0.146 e. The molecule has 0 saturated carbocycles. The lowest BCUT2D eigenvalue weighted by molar-refractivity contribution is 1.18. The van der Waals surface area contributed by atoms with Crippen molar-refractivity contribution in [3.8, 4) is 34.1 Å². The van der Waals surface area contributed by atoms with Gasteiger partial charge in [-0.15, -0.1) is 0 Å². The molecule has 0 radical (unpaired) electrons. The Morgan fingerprint density at radius 3 is 0.560 bits per heavy atom. The molecule has 12 nitrogen and oxygen atoms in total. The van der Waals surface area contributed by atoms with E-state index < -0.39 is 0 Å². The van der Waals surface area contributed by atoms with Gasteiger partial charge in [-0.25, -0.2) is 15.0 Å². The van der Waals surface area contributed by atoms with E-state index in [-0.39, 0.29) is 0 Å². The van der Waals surface area contributed by atoms with Crippen molar-refractivity contribution in [2.24, 2.45) is 0 Å². The largest absolute Gasteiger partial charge is 0.309 e. The van der Waals surface area contributed by atoms with Crippen LogP contribution in [0.5, 0.6) is 0 Å². The average molecular weight is 1800 g/mol. The molecular weight excluding hydrogens is 1720 g/mol. The quantitative estimate of drug-likeness (QED) is 0.156. The van der Waals surface area contributed by atoms with Crippen molar-refractivity contribution >= 4 is 246 Å². The van der Waals surface area contributed by atoms with E-state index in [4.69, 9.17) is 15.0 Å². The van der Waals surface area contributed by atoms with Gasteiger partial charge in [-0.05, 0) is 216 Å². The number of nitrogens with zero attached hydrogens (tertiary/aromatic N) is 12. The Labute approximate surface area is 803 Å². The molecule has 654 valence electrons. The number of para-hydroxylation sites is 18. The summed E-state index contributed by atoms with van der Waals surface area (Å²) in [6.45, 7) is 0. The number of fused-ring (bicyclic) bond motifs is 42. The molecule has 33 aromatic rings. The lowest BCUT2D eigenvalue weighted by Gasteiger charge is -2.15. The van der Waals surface area contributed by atoms with Crippen LogP contribution in [0, 0.1) is 0 Å². The molecule has 0 amide bonds. The number of pyridine rings is 3. The van der Waals surface area contributed by atoms with Crippen molar-refractivity contribution in [1.29, 1.82) is 0 Å². The van der Waals surface area contributed by atoms with Gasteiger partial charge in [-0.3, -0.25) is 13.2 Å². The zero-order valence-corrected chi connectivity index (χ0v) is 75.9. The molecular formula is C129H78N12. The third-order valence-corrected chi connectivity index (χ3v) is 30.0. The third kappa shape index (κ3) is 11.1. The van der Waals surface area contributed by atoms with Gasteiger partial charge in [0.1, 0.15) is 16.9 Å². The molecule has 21 aromatic carbocycles. The Balaban J connectivity index is 0.0000000972. The van der Waals surface area contributed by atoms with Crippen LogP contribution in [-0.4, -0.2) is 55.6 Å². The Kier molecular flexibility index (Phi) is 16.2. The number of hydrogen-bond acceptors (Lipinski definition) is 3. The topological polar surface area (TPSA) is 81.5 Å². The van der Waals surface area contributed by atoms with Crippen LogP contribution in [0.15, 0.2) is 473 Å². The van der Waals surface area contributed by atoms with Gasteiger partial charge >= 0.3 is 0 Å². The van der Waals surface area contributed by atoms with Gasteiger partial charge in [0.2, 0.25) is 0 Å². The Morgan fingerprint density at radius 1 is 0.106 bits per heavy atom. The molecule has 0 fully saturated rings. The highest BCUT2D eigenvalue weighted by Gasteiger charge is 2.26. The highest BCUT2D eigenvalue weighted by Crippen LogP contribution is 2.46. The Bertz CT molecular complexity index is 10900. The van der Waals surface area contributed by atoms with Crippen molar-refractivity contribution in [3.63, 3.8) is 0 Å². The average Bonchev–Trinajstić information content (AvgIpc) is 1.56. The van der Waals surface area contributed by atoms with Gasteiger partial charge in [0, 0.05) is 131 Å². The van der Waals surface area contributed by atoms with E-state index in [1.54, 1.807) is 0 Å². The van der Waals surface area contributed by atoms with Crippen LogP contribution in [0.2, 0.25) is 0 Å². The first-order valence-corrected chi connectivity index (χ1v) is 48.2. The van der Waals surface area contributed by atoms with E-state index in [9.17, 15) is 0 Å². The number of imidazole rings is 3. The summed E-state index contributed by atoms with van der Waals surface area (Å²) in [5.41, 5.74) is 33.9. The summed E-state index contributed by atoms with van der Waals surface area (Å²) in [7, 11) is 0. The fraction of sp³-hybridized carbons (Fsp3) is 0. The first-order chi connectivity index (χ1) is 70.0. The van der Waals surface area contributed by atoms with Crippen molar-refractivity contribution in [2.75, 3.05) is 0 Å². The summed E-state index contributed by atoms with van der Waals surface area (Å²) in [4.78, 5) is 15.7. The van der Waals surface area contributed by atoms with E-state index in [1.807, 2.05) is 0 Å². The predicted molar refractivity (Wildman–Crippen MR) is 589 cm³/mol. The third-order valence-electron chi connectivity index (χ3n) is 30.0. The van der Waals surface area contributed by atoms with Crippen LogP contribution in [0.25, 0.3) is 280 Å². The molecule has 141 heavy (non-hydrogen) atoms. The minimum atomic E-state index is 0.968. The Hall–Kier alpha value is -19.2. The van der Waals surface area contributed by atoms with Crippen LogP contribution in [0.3, 0.4) is 0 Å². The van der Waals surface area contributed by atoms with E-state index in [0.717, 1.165) is 117 Å². The maximum Gasteiger partial charge on any atom is 0.146 e. The fourth-order valence-electron chi connectivity index (χ4n) is 24.0. The van der Waals surface area contributed by atoms with Gasteiger partial charge in [-0.1, -0.05) is 273 Å². The zero-order valence-electron chi connectivity index (χ0n) is 75.9.